The summed E-state index contributed by atoms with van der Waals surface area (Å²) in [5, 5.41) is 2.84. The third kappa shape index (κ3) is 5.07. The van der Waals surface area contributed by atoms with E-state index in [1.54, 1.807) is 31.6 Å². The molecule has 1 aromatic heterocycles. The highest BCUT2D eigenvalue weighted by molar-refractivity contribution is 7.92. The van der Waals surface area contributed by atoms with Gasteiger partial charge in [-0.2, -0.15) is 0 Å². The molecule has 2 aromatic carbocycles. The number of anilines is 1. The summed E-state index contributed by atoms with van der Waals surface area (Å²) in [6, 6.07) is 12.3. The molecule has 1 heterocycles. The smallest absolute Gasteiger partial charge is 0.243 e. The number of aryl methyl sites for hydroxylation is 2. The Morgan fingerprint density at radius 3 is 2.30 bits per heavy atom. The van der Waals surface area contributed by atoms with E-state index in [0.29, 0.717) is 12.2 Å². The standard InChI is InChI=1S/C22H26N4O3S/c1-16-11-17(2)13-21(12-16)26(30(4,28)29)18(3)22(27)24-14-19-5-7-20(8-6-19)25-10-9-23-15-25/h5-13,15,18H,14H2,1-4H3,(H,24,27). The van der Waals surface area contributed by atoms with Crippen molar-refractivity contribution >= 4 is 21.6 Å². The molecule has 0 saturated heterocycles. The van der Waals surface area contributed by atoms with Crippen LogP contribution < -0.4 is 9.62 Å². The van der Waals surface area contributed by atoms with Crippen molar-refractivity contribution in [3.8, 4) is 5.69 Å². The molecule has 158 valence electrons. The first-order valence-corrected chi connectivity index (χ1v) is 11.4. The van der Waals surface area contributed by atoms with E-state index in [-0.39, 0.29) is 5.91 Å². The van der Waals surface area contributed by atoms with Gasteiger partial charge in [0.1, 0.15) is 6.04 Å². The molecule has 0 aliphatic rings. The van der Waals surface area contributed by atoms with Crippen LogP contribution in [0.25, 0.3) is 5.69 Å². The van der Waals surface area contributed by atoms with Gasteiger partial charge in [0.2, 0.25) is 15.9 Å². The first-order chi connectivity index (χ1) is 14.1. The normalized spacial score (nSPS) is 12.4. The Bertz CT molecular complexity index is 1100. The fourth-order valence-electron chi connectivity index (χ4n) is 3.42. The van der Waals surface area contributed by atoms with Crippen molar-refractivity contribution in [2.24, 2.45) is 0 Å². The van der Waals surface area contributed by atoms with Crippen LogP contribution in [0, 0.1) is 13.8 Å². The number of benzene rings is 2. The van der Waals surface area contributed by atoms with Crippen LogP contribution in [0.4, 0.5) is 5.69 Å². The molecule has 0 bridgehead atoms. The van der Waals surface area contributed by atoms with E-state index in [2.05, 4.69) is 10.3 Å². The minimum absolute atomic E-state index is 0.303. The lowest BCUT2D eigenvalue weighted by atomic mass is 10.1. The summed E-state index contributed by atoms with van der Waals surface area (Å²) in [5.74, 6) is -0.363. The molecule has 1 unspecified atom stereocenters. The highest BCUT2D eigenvalue weighted by atomic mass is 32.2. The molecule has 1 atom stereocenters. The molecule has 1 N–H and O–H groups in total. The van der Waals surface area contributed by atoms with Crippen LogP contribution >= 0.6 is 0 Å². The van der Waals surface area contributed by atoms with E-state index in [4.69, 9.17) is 0 Å². The van der Waals surface area contributed by atoms with Crippen molar-refractivity contribution in [3.63, 3.8) is 0 Å². The molecule has 7 nitrogen and oxygen atoms in total. The van der Waals surface area contributed by atoms with E-state index in [9.17, 15) is 13.2 Å². The molecule has 0 radical (unpaired) electrons. The Morgan fingerprint density at radius 1 is 1.13 bits per heavy atom. The Labute approximate surface area is 177 Å². The van der Waals surface area contributed by atoms with Crippen LogP contribution in [-0.4, -0.2) is 36.2 Å². The molecule has 8 heteroatoms. The van der Waals surface area contributed by atoms with Crippen LogP contribution in [0.3, 0.4) is 0 Å². The molecular formula is C22H26N4O3S. The summed E-state index contributed by atoms with van der Waals surface area (Å²) in [7, 11) is -3.65. The molecule has 1 amide bonds. The number of nitrogens with zero attached hydrogens (tertiary/aromatic N) is 3. The highest BCUT2D eigenvalue weighted by Gasteiger charge is 2.29. The number of hydrogen-bond acceptors (Lipinski definition) is 4. The van der Waals surface area contributed by atoms with Gasteiger partial charge in [-0.25, -0.2) is 13.4 Å². The van der Waals surface area contributed by atoms with Gasteiger partial charge in [-0.15, -0.1) is 0 Å². The molecule has 0 saturated carbocycles. The Morgan fingerprint density at radius 2 is 1.77 bits per heavy atom. The Balaban J connectivity index is 1.72. The third-order valence-electron chi connectivity index (χ3n) is 4.76. The van der Waals surface area contributed by atoms with Crippen LogP contribution in [0.1, 0.15) is 23.6 Å². The van der Waals surface area contributed by atoms with Gasteiger partial charge in [0, 0.05) is 24.6 Å². The molecule has 3 aromatic rings. The van der Waals surface area contributed by atoms with Gasteiger partial charge in [0.25, 0.3) is 0 Å². The number of carbonyl (C=O) groups excluding carboxylic acids is 1. The van der Waals surface area contributed by atoms with E-state index >= 15 is 0 Å². The fourth-order valence-corrected chi connectivity index (χ4v) is 4.58. The monoisotopic (exact) mass is 426 g/mol. The second-order valence-electron chi connectivity index (χ2n) is 7.43. The molecule has 3 rings (SSSR count). The second kappa shape index (κ2) is 8.71. The average Bonchev–Trinajstić information content (AvgIpc) is 3.19. The van der Waals surface area contributed by atoms with Crippen molar-refractivity contribution in [2.75, 3.05) is 10.6 Å². The van der Waals surface area contributed by atoms with Crippen LogP contribution in [0.2, 0.25) is 0 Å². The van der Waals surface area contributed by atoms with Crippen molar-refractivity contribution < 1.29 is 13.2 Å². The summed E-state index contributed by atoms with van der Waals surface area (Å²) < 4.78 is 28.0. The van der Waals surface area contributed by atoms with Crippen molar-refractivity contribution in [2.45, 2.75) is 33.4 Å². The summed E-state index contributed by atoms with van der Waals surface area (Å²) in [6.45, 7) is 5.69. The largest absolute Gasteiger partial charge is 0.350 e. The Hall–Kier alpha value is -3.13. The Kier molecular flexibility index (Phi) is 6.26. The summed E-state index contributed by atoms with van der Waals surface area (Å²) in [5.41, 5.74) is 4.24. The van der Waals surface area contributed by atoms with Gasteiger partial charge in [-0.05, 0) is 61.7 Å². The summed E-state index contributed by atoms with van der Waals surface area (Å²) in [4.78, 5) is 16.8. The lowest BCUT2D eigenvalue weighted by molar-refractivity contribution is -0.122. The first-order valence-electron chi connectivity index (χ1n) is 9.58. The quantitative estimate of drug-likeness (QED) is 0.630. The van der Waals surface area contributed by atoms with E-state index < -0.39 is 16.1 Å². The maximum atomic E-state index is 12.8. The number of imidazole rings is 1. The third-order valence-corrected chi connectivity index (χ3v) is 6.00. The zero-order valence-corrected chi connectivity index (χ0v) is 18.3. The summed E-state index contributed by atoms with van der Waals surface area (Å²) >= 11 is 0. The van der Waals surface area contributed by atoms with Gasteiger partial charge in [-0.3, -0.25) is 9.10 Å². The zero-order chi connectivity index (χ0) is 21.9. The first kappa shape index (κ1) is 21.6. The van der Waals surface area contributed by atoms with Gasteiger partial charge in [0.15, 0.2) is 0 Å². The zero-order valence-electron chi connectivity index (χ0n) is 17.5. The number of amides is 1. The number of sulfonamides is 1. The molecule has 0 spiro atoms. The minimum atomic E-state index is -3.65. The maximum absolute atomic E-state index is 12.8. The van der Waals surface area contributed by atoms with Crippen molar-refractivity contribution in [1.82, 2.24) is 14.9 Å². The lowest BCUT2D eigenvalue weighted by Crippen LogP contribution is -2.47. The minimum Gasteiger partial charge on any atom is -0.350 e. The predicted molar refractivity (Wildman–Crippen MR) is 118 cm³/mol. The highest BCUT2D eigenvalue weighted by Crippen LogP contribution is 2.24. The van der Waals surface area contributed by atoms with Crippen LogP contribution in [-0.2, 0) is 21.4 Å². The molecule has 30 heavy (non-hydrogen) atoms. The lowest BCUT2D eigenvalue weighted by Gasteiger charge is -2.28. The SMILES string of the molecule is Cc1cc(C)cc(N(C(C)C(=O)NCc2ccc(-n3ccnc3)cc2)S(C)(=O)=O)c1. The van der Waals surface area contributed by atoms with E-state index in [1.165, 1.54) is 4.31 Å². The maximum Gasteiger partial charge on any atom is 0.243 e. The van der Waals surface area contributed by atoms with Gasteiger partial charge < -0.3 is 9.88 Å². The molecule has 0 fully saturated rings. The molecule has 0 aliphatic heterocycles. The topological polar surface area (TPSA) is 84.3 Å². The predicted octanol–water partition coefficient (Wildman–Crippen LogP) is 2.96. The van der Waals surface area contributed by atoms with Crippen molar-refractivity contribution in [3.05, 3.63) is 77.9 Å². The number of hydrogen-bond donors (Lipinski definition) is 1. The van der Waals surface area contributed by atoms with Crippen molar-refractivity contribution in [1.29, 1.82) is 0 Å². The second-order valence-corrected chi connectivity index (χ2v) is 9.29. The van der Waals surface area contributed by atoms with E-state index in [1.807, 2.05) is 54.9 Å². The number of rotatable bonds is 7. The number of nitrogens with one attached hydrogen (secondary N) is 1. The fraction of sp³-hybridized carbons (Fsp3) is 0.273. The number of carbonyl (C=O) groups is 1. The van der Waals surface area contributed by atoms with Crippen LogP contribution in [0.5, 0.6) is 0 Å². The van der Waals surface area contributed by atoms with Gasteiger partial charge in [-0.1, -0.05) is 18.2 Å². The van der Waals surface area contributed by atoms with E-state index in [0.717, 1.165) is 28.6 Å². The van der Waals surface area contributed by atoms with Crippen LogP contribution in [0.15, 0.2) is 61.2 Å². The van der Waals surface area contributed by atoms with Gasteiger partial charge in [0.05, 0.1) is 18.3 Å². The molecule has 0 aliphatic carbocycles. The number of aromatic nitrogens is 2. The summed E-state index contributed by atoms with van der Waals surface area (Å²) in [6.07, 6.45) is 6.39. The average molecular weight is 427 g/mol. The molecular weight excluding hydrogens is 400 g/mol. The van der Waals surface area contributed by atoms with Gasteiger partial charge >= 0.3 is 0 Å².